The van der Waals surface area contributed by atoms with Crippen LogP contribution in [0.2, 0.25) is 0 Å². The van der Waals surface area contributed by atoms with Crippen LogP contribution < -0.4 is 5.73 Å². The predicted molar refractivity (Wildman–Crippen MR) is 60.2 cm³/mol. The maximum Gasteiger partial charge on any atom is 0.264 e. The first-order valence-electron chi connectivity index (χ1n) is 5.70. The first-order valence-corrected chi connectivity index (χ1v) is 7.31. The zero-order valence-corrected chi connectivity index (χ0v) is 9.88. The summed E-state index contributed by atoms with van der Waals surface area (Å²) in [5.41, 5.74) is 6.00. The van der Waals surface area contributed by atoms with Crippen LogP contribution in [0.15, 0.2) is 0 Å². The second-order valence-electron chi connectivity index (χ2n) is 4.49. The van der Waals surface area contributed by atoms with E-state index in [9.17, 15) is 8.42 Å². The van der Waals surface area contributed by atoms with Crippen molar-refractivity contribution < 1.29 is 13.0 Å². The third kappa shape index (κ3) is 5.49. The van der Waals surface area contributed by atoms with Gasteiger partial charge in [0.05, 0.1) is 5.75 Å². The first kappa shape index (κ1) is 12.9. The molecule has 0 aromatic carbocycles. The second-order valence-corrected chi connectivity index (χ2v) is 6.06. The molecule has 0 aliphatic heterocycles. The van der Waals surface area contributed by atoms with Crippen molar-refractivity contribution in [1.82, 2.24) is 0 Å². The van der Waals surface area contributed by atoms with Crippen LogP contribution in [-0.2, 0) is 10.1 Å². The van der Waals surface area contributed by atoms with Gasteiger partial charge in [-0.2, -0.15) is 8.42 Å². The van der Waals surface area contributed by atoms with Crippen molar-refractivity contribution in [2.75, 3.05) is 5.75 Å². The van der Waals surface area contributed by atoms with Crippen LogP contribution in [0, 0.1) is 5.92 Å². The topological polar surface area (TPSA) is 80.4 Å². The summed E-state index contributed by atoms with van der Waals surface area (Å²) in [5, 5.41) is 0. The summed E-state index contributed by atoms with van der Waals surface area (Å²) < 4.78 is 29.6. The Hall–Kier alpha value is -0.130. The highest BCUT2D eigenvalue weighted by molar-refractivity contribution is 7.85. The van der Waals surface area contributed by atoms with Gasteiger partial charge in [-0.15, -0.1) is 0 Å². The zero-order chi connectivity index (χ0) is 11.3. The van der Waals surface area contributed by atoms with Crippen LogP contribution in [-0.4, -0.2) is 24.8 Å². The molecule has 0 aromatic heterocycles. The van der Waals surface area contributed by atoms with E-state index in [1.54, 1.807) is 0 Å². The van der Waals surface area contributed by atoms with Gasteiger partial charge in [-0.1, -0.05) is 19.3 Å². The van der Waals surface area contributed by atoms with Gasteiger partial charge in [0.1, 0.15) is 0 Å². The van der Waals surface area contributed by atoms with Gasteiger partial charge in [0.15, 0.2) is 0 Å². The normalized spacial score (nSPS) is 21.5. The molecule has 1 fully saturated rings. The SMILES string of the molecule is NC(CCCS(=O)(=O)O)C1CCCCC1. The van der Waals surface area contributed by atoms with Gasteiger partial charge in [-0.3, -0.25) is 4.55 Å². The molecule has 5 heteroatoms. The summed E-state index contributed by atoms with van der Waals surface area (Å²) in [6.07, 6.45) is 7.31. The molecule has 0 aromatic rings. The molecule has 0 bridgehead atoms. The summed E-state index contributed by atoms with van der Waals surface area (Å²) in [7, 11) is -3.81. The highest BCUT2D eigenvalue weighted by Crippen LogP contribution is 2.27. The Kier molecular flexibility index (Phi) is 5.02. The molecular formula is C10H21NO3S. The van der Waals surface area contributed by atoms with E-state index < -0.39 is 10.1 Å². The van der Waals surface area contributed by atoms with Crippen LogP contribution >= 0.6 is 0 Å². The van der Waals surface area contributed by atoms with Gasteiger partial charge in [-0.25, -0.2) is 0 Å². The zero-order valence-electron chi connectivity index (χ0n) is 9.06. The standard InChI is InChI=1S/C10H21NO3S/c11-10(7-4-8-15(12,13)14)9-5-2-1-3-6-9/h9-10H,1-8,11H2,(H,12,13,14). The number of hydrogen-bond donors (Lipinski definition) is 2. The van der Waals surface area contributed by atoms with Crippen molar-refractivity contribution in [1.29, 1.82) is 0 Å². The van der Waals surface area contributed by atoms with E-state index in [-0.39, 0.29) is 11.8 Å². The van der Waals surface area contributed by atoms with Crippen LogP contribution in [0.3, 0.4) is 0 Å². The first-order chi connectivity index (χ1) is 6.99. The van der Waals surface area contributed by atoms with Gasteiger partial charge >= 0.3 is 0 Å². The third-order valence-corrected chi connectivity index (χ3v) is 4.00. The molecule has 4 nitrogen and oxygen atoms in total. The molecule has 1 unspecified atom stereocenters. The molecule has 1 rings (SSSR count). The minimum absolute atomic E-state index is 0.104. The molecule has 1 saturated carbocycles. The summed E-state index contributed by atoms with van der Waals surface area (Å²) in [6, 6.07) is 0.104. The Morgan fingerprint density at radius 1 is 1.27 bits per heavy atom. The van der Waals surface area contributed by atoms with Crippen LogP contribution in [0.25, 0.3) is 0 Å². The average Bonchev–Trinajstić information content (AvgIpc) is 2.17. The fourth-order valence-corrected chi connectivity index (χ4v) is 2.83. The van der Waals surface area contributed by atoms with Crippen LogP contribution in [0.5, 0.6) is 0 Å². The van der Waals surface area contributed by atoms with E-state index >= 15 is 0 Å². The Labute approximate surface area is 92.0 Å². The van der Waals surface area contributed by atoms with E-state index in [1.165, 1.54) is 32.1 Å². The number of rotatable bonds is 5. The molecule has 15 heavy (non-hydrogen) atoms. The van der Waals surface area contributed by atoms with Crippen molar-refractivity contribution in [3.63, 3.8) is 0 Å². The smallest absolute Gasteiger partial charge is 0.264 e. The van der Waals surface area contributed by atoms with E-state index in [0.29, 0.717) is 18.8 Å². The molecule has 0 spiro atoms. The van der Waals surface area contributed by atoms with Gasteiger partial charge < -0.3 is 5.73 Å². The molecule has 0 saturated heterocycles. The van der Waals surface area contributed by atoms with E-state index in [0.717, 1.165) is 0 Å². The lowest BCUT2D eigenvalue weighted by molar-refractivity contribution is 0.293. The second kappa shape index (κ2) is 5.82. The lowest BCUT2D eigenvalue weighted by atomic mass is 9.83. The minimum Gasteiger partial charge on any atom is -0.327 e. The summed E-state index contributed by atoms with van der Waals surface area (Å²) >= 11 is 0. The maximum absolute atomic E-state index is 10.5. The number of nitrogens with two attached hydrogens (primary N) is 1. The largest absolute Gasteiger partial charge is 0.327 e. The lowest BCUT2D eigenvalue weighted by Crippen LogP contribution is -2.32. The molecule has 0 amide bonds. The van der Waals surface area contributed by atoms with Crippen molar-refractivity contribution in [2.24, 2.45) is 11.7 Å². The molecule has 0 heterocycles. The molecular weight excluding hydrogens is 214 g/mol. The van der Waals surface area contributed by atoms with E-state index in [4.69, 9.17) is 10.3 Å². The predicted octanol–water partition coefficient (Wildman–Crippen LogP) is 1.56. The minimum atomic E-state index is -3.81. The molecule has 0 radical (unpaired) electrons. The Bertz CT molecular complexity index is 270. The van der Waals surface area contributed by atoms with Gasteiger partial charge in [-0.05, 0) is 31.6 Å². The van der Waals surface area contributed by atoms with Crippen LogP contribution in [0.1, 0.15) is 44.9 Å². The van der Waals surface area contributed by atoms with Crippen molar-refractivity contribution in [3.8, 4) is 0 Å². The maximum atomic E-state index is 10.5. The Morgan fingerprint density at radius 3 is 2.40 bits per heavy atom. The summed E-state index contributed by atoms with van der Waals surface area (Å²) in [6.45, 7) is 0. The highest BCUT2D eigenvalue weighted by Gasteiger charge is 2.20. The number of hydrogen-bond acceptors (Lipinski definition) is 3. The fourth-order valence-electron chi connectivity index (χ4n) is 2.30. The highest BCUT2D eigenvalue weighted by atomic mass is 32.2. The molecule has 1 aliphatic carbocycles. The van der Waals surface area contributed by atoms with Crippen molar-refractivity contribution >= 4 is 10.1 Å². The summed E-state index contributed by atoms with van der Waals surface area (Å²) in [5.74, 6) is 0.396. The van der Waals surface area contributed by atoms with E-state index in [2.05, 4.69) is 0 Å². The molecule has 90 valence electrons. The average molecular weight is 235 g/mol. The van der Waals surface area contributed by atoms with Gasteiger partial charge in [0, 0.05) is 6.04 Å². The monoisotopic (exact) mass is 235 g/mol. The van der Waals surface area contributed by atoms with Gasteiger partial charge in [0.2, 0.25) is 0 Å². The fraction of sp³-hybridized carbons (Fsp3) is 1.00. The van der Waals surface area contributed by atoms with Crippen molar-refractivity contribution in [2.45, 2.75) is 51.0 Å². The molecule has 3 N–H and O–H groups in total. The molecule has 1 aliphatic rings. The van der Waals surface area contributed by atoms with Crippen LogP contribution in [0.4, 0.5) is 0 Å². The van der Waals surface area contributed by atoms with Crippen molar-refractivity contribution in [3.05, 3.63) is 0 Å². The van der Waals surface area contributed by atoms with Gasteiger partial charge in [0.25, 0.3) is 10.1 Å². The van der Waals surface area contributed by atoms with E-state index in [1.807, 2.05) is 0 Å². The third-order valence-electron chi connectivity index (χ3n) is 3.20. The quantitative estimate of drug-likeness (QED) is 0.709. The Morgan fingerprint density at radius 2 is 1.87 bits per heavy atom. The Balaban J connectivity index is 2.20. The molecule has 1 atom stereocenters. The lowest BCUT2D eigenvalue weighted by Gasteiger charge is -2.27. The summed E-state index contributed by atoms with van der Waals surface area (Å²) in [4.78, 5) is 0.